The van der Waals surface area contributed by atoms with Crippen molar-refractivity contribution in [2.75, 3.05) is 5.32 Å². The number of amides is 1. The van der Waals surface area contributed by atoms with Gasteiger partial charge in [-0.25, -0.2) is 8.78 Å². The lowest BCUT2D eigenvalue weighted by Gasteiger charge is -2.29. The Balaban J connectivity index is 1.45. The molecule has 1 amide bonds. The number of carboxylic acids is 1. The van der Waals surface area contributed by atoms with E-state index in [1.165, 1.54) is 10.4 Å². The second-order valence-electron chi connectivity index (χ2n) is 9.00. The van der Waals surface area contributed by atoms with Crippen LogP contribution in [0.1, 0.15) is 73.8 Å². The molecular formula is C22H30F2N2O3S. The molecule has 3 aliphatic rings. The molecule has 3 N–H and O–H groups in total. The van der Waals surface area contributed by atoms with E-state index < -0.39 is 23.7 Å². The van der Waals surface area contributed by atoms with Gasteiger partial charge in [-0.05, 0) is 50.5 Å². The van der Waals surface area contributed by atoms with Crippen LogP contribution in [0.5, 0.6) is 0 Å². The summed E-state index contributed by atoms with van der Waals surface area (Å²) in [7, 11) is 0. The maximum Gasteiger partial charge on any atom is 0.307 e. The van der Waals surface area contributed by atoms with Gasteiger partial charge in [0.1, 0.15) is 0 Å². The highest BCUT2D eigenvalue weighted by Crippen LogP contribution is 2.41. The summed E-state index contributed by atoms with van der Waals surface area (Å²) in [4.78, 5) is 25.8. The first kappa shape index (κ1) is 21.7. The van der Waals surface area contributed by atoms with Crippen molar-refractivity contribution in [3.63, 3.8) is 0 Å². The molecule has 166 valence electrons. The number of aliphatic carboxylic acids is 1. The van der Waals surface area contributed by atoms with E-state index in [1.807, 2.05) is 0 Å². The fraction of sp³-hybridized carbons (Fsp3) is 0.727. The van der Waals surface area contributed by atoms with Gasteiger partial charge >= 0.3 is 5.97 Å². The molecule has 1 aromatic heterocycles. The zero-order valence-electron chi connectivity index (χ0n) is 17.1. The van der Waals surface area contributed by atoms with E-state index in [2.05, 4.69) is 10.6 Å². The molecule has 2 fully saturated rings. The number of alkyl halides is 2. The Kier molecular flexibility index (Phi) is 6.44. The number of fused-ring (bicyclic) bond motifs is 1. The summed E-state index contributed by atoms with van der Waals surface area (Å²) in [5.41, 5.74) is 2.35. The lowest BCUT2D eigenvalue weighted by molar-refractivity contribution is -0.147. The van der Waals surface area contributed by atoms with E-state index in [-0.39, 0.29) is 24.8 Å². The molecular weight excluding hydrogens is 410 g/mol. The van der Waals surface area contributed by atoms with Crippen molar-refractivity contribution in [3.8, 4) is 0 Å². The normalized spacial score (nSPS) is 26.3. The number of hydrogen-bond donors (Lipinski definition) is 3. The van der Waals surface area contributed by atoms with Gasteiger partial charge in [0.25, 0.3) is 0 Å². The van der Waals surface area contributed by atoms with Gasteiger partial charge in [0.15, 0.2) is 0 Å². The number of hydrogen-bond acceptors (Lipinski definition) is 4. The molecule has 1 aromatic rings. The molecule has 4 rings (SSSR count). The van der Waals surface area contributed by atoms with Crippen LogP contribution in [0.25, 0.3) is 0 Å². The van der Waals surface area contributed by atoms with Crippen LogP contribution >= 0.6 is 11.3 Å². The third-order valence-electron chi connectivity index (χ3n) is 6.97. The Bertz CT molecular complexity index is 801. The monoisotopic (exact) mass is 440 g/mol. The largest absolute Gasteiger partial charge is 0.481 e. The first-order chi connectivity index (χ1) is 14.3. The number of anilines is 1. The van der Waals surface area contributed by atoms with E-state index in [0.717, 1.165) is 42.7 Å². The van der Waals surface area contributed by atoms with Crippen LogP contribution in [-0.2, 0) is 29.0 Å². The van der Waals surface area contributed by atoms with Crippen molar-refractivity contribution in [2.24, 2.45) is 11.8 Å². The van der Waals surface area contributed by atoms with E-state index >= 15 is 0 Å². The van der Waals surface area contributed by atoms with Gasteiger partial charge < -0.3 is 15.7 Å². The van der Waals surface area contributed by atoms with Gasteiger partial charge in [0.2, 0.25) is 11.8 Å². The zero-order valence-corrected chi connectivity index (χ0v) is 18.0. The highest BCUT2D eigenvalue weighted by Gasteiger charge is 2.37. The summed E-state index contributed by atoms with van der Waals surface area (Å²) < 4.78 is 26.9. The van der Waals surface area contributed by atoms with Gasteiger partial charge in [0.05, 0.1) is 16.8 Å². The molecule has 0 aromatic carbocycles. The number of halogens is 2. The Morgan fingerprint density at radius 2 is 1.73 bits per heavy atom. The molecule has 0 aliphatic heterocycles. The quantitative estimate of drug-likeness (QED) is 0.597. The van der Waals surface area contributed by atoms with Crippen LogP contribution in [0.4, 0.5) is 13.8 Å². The molecule has 0 spiro atoms. The summed E-state index contributed by atoms with van der Waals surface area (Å²) in [5.74, 6) is -4.73. The molecule has 5 nitrogen and oxygen atoms in total. The van der Waals surface area contributed by atoms with Crippen molar-refractivity contribution >= 4 is 28.2 Å². The summed E-state index contributed by atoms with van der Waals surface area (Å²) >= 11 is 1.60. The van der Waals surface area contributed by atoms with Crippen LogP contribution in [0.3, 0.4) is 0 Å². The molecule has 2 atom stereocenters. The van der Waals surface area contributed by atoms with Crippen LogP contribution < -0.4 is 10.6 Å². The topological polar surface area (TPSA) is 78.4 Å². The van der Waals surface area contributed by atoms with Gasteiger partial charge in [0, 0.05) is 35.9 Å². The third-order valence-corrected chi connectivity index (χ3v) is 8.22. The molecule has 0 bridgehead atoms. The highest BCUT2D eigenvalue weighted by atomic mass is 32.1. The average molecular weight is 441 g/mol. The minimum absolute atomic E-state index is 0.0693. The predicted molar refractivity (Wildman–Crippen MR) is 112 cm³/mol. The third kappa shape index (κ3) is 4.69. The van der Waals surface area contributed by atoms with Crippen LogP contribution in [0, 0.1) is 11.8 Å². The number of carbonyl (C=O) groups excluding carboxylic acids is 1. The molecule has 30 heavy (non-hydrogen) atoms. The Labute approximate surface area is 179 Å². The minimum atomic E-state index is -2.54. The summed E-state index contributed by atoms with van der Waals surface area (Å²) in [5, 5.41) is 16.8. The van der Waals surface area contributed by atoms with Gasteiger partial charge in [-0.1, -0.05) is 12.8 Å². The molecule has 1 heterocycles. The van der Waals surface area contributed by atoms with E-state index in [4.69, 9.17) is 0 Å². The standard InChI is InChI=1S/C22H30F2N2O3S/c23-22(24)10-8-13(9-11-22)25-12-17-14-6-3-7-18(14)30-20(17)26-19(27)15-4-1-2-5-16(15)21(28)29/h13,15-16,25H,1-12H2,(H,26,27)(H,28,29). The molecule has 2 saturated carbocycles. The number of thiophene rings is 1. The average Bonchev–Trinajstić information content (AvgIpc) is 3.28. The molecule has 0 saturated heterocycles. The molecule has 8 heteroatoms. The number of rotatable bonds is 6. The smallest absolute Gasteiger partial charge is 0.307 e. The van der Waals surface area contributed by atoms with Crippen LogP contribution in [0.2, 0.25) is 0 Å². The Hall–Kier alpha value is -1.54. The molecule has 2 unspecified atom stereocenters. The Morgan fingerprint density at radius 3 is 2.43 bits per heavy atom. The number of aryl methyl sites for hydroxylation is 1. The first-order valence-electron chi connectivity index (χ1n) is 11.1. The van der Waals surface area contributed by atoms with Gasteiger partial charge in [-0.2, -0.15) is 0 Å². The summed E-state index contributed by atoms with van der Waals surface area (Å²) in [6, 6.07) is 0.0693. The summed E-state index contributed by atoms with van der Waals surface area (Å²) in [6.07, 6.45) is 6.74. The maximum atomic E-state index is 13.4. The van der Waals surface area contributed by atoms with Gasteiger partial charge in [-0.15, -0.1) is 11.3 Å². The van der Waals surface area contributed by atoms with Crippen molar-refractivity contribution in [2.45, 2.75) is 89.1 Å². The molecule has 3 aliphatic carbocycles. The number of nitrogens with one attached hydrogen (secondary N) is 2. The lowest BCUT2D eigenvalue weighted by Crippen LogP contribution is -2.37. The SMILES string of the molecule is O=C(O)C1CCCCC1C(=O)Nc1sc2c(c1CNC1CCC(F)(F)CC1)CCC2. The van der Waals surface area contributed by atoms with Gasteiger partial charge in [-0.3, -0.25) is 9.59 Å². The number of carbonyl (C=O) groups is 2. The van der Waals surface area contributed by atoms with E-state index in [1.54, 1.807) is 11.3 Å². The summed E-state index contributed by atoms with van der Waals surface area (Å²) in [6.45, 7) is 0.560. The fourth-order valence-electron chi connectivity index (χ4n) is 5.19. The van der Waals surface area contributed by atoms with Crippen molar-refractivity contribution in [3.05, 3.63) is 16.0 Å². The van der Waals surface area contributed by atoms with Crippen molar-refractivity contribution in [1.29, 1.82) is 0 Å². The fourth-order valence-corrected chi connectivity index (χ4v) is 6.50. The van der Waals surface area contributed by atoms with Crippen molar-refractivity contribution < 1.29 is 23.5 Å². The Morgan fingerprint density at radius 1 is 1.03 bits per heavy atom. The van der Waals surface area contributed by atoms with Crippen LogP contribution in [-0.4, -0.2) is 28.9 Å². The van der Waals surface area contributed by atoms with E-state index in [0.29, 0.717) is 32.2 Å². The maximum absolute atomic E-state index is 13.4. The predicted octanol–water partition coefficient (Wildman–Crippen LogP) is 4.73. The lowest BCUT2D eigenvalue weighted by atomic mass is 9.79. The second kappa shape index (κ2) is 8.91. The minimum Gasteiger partial charge on any atom is -0.481 e. The van der Waals surface area contributed by atoms with E-state index in [9.17, 15) is 23.5 Å². The second-order valence-corrected chi connectivity index (χ2v) is 10.1. The first-order valence-corrected chi connectivity index (χ1v) is 11.9. The molecule has 0 radical (unpaired) electrons. The van der Waals surface area contributed by atoms with Crippen molar-refractivity contribution in [1.82, 2.24) is 5.32 Å². The number of carboxylic acid groups (broad SMARTS) is 1. The highest BCUT2D eigenvalue weighted by molar-refractivity contribution is 7.16. The zero-order chi connectivity index (χ0) is 21.3. The van der Waals surface area contributed by atoms with Crippen LogP contribution in [0.15, 0.2) is 0 Å².